The molecule has 1 aromatic heterocycles. The Kier molecular flexibility index (Phi) is 5.30. The maximum Gasteiger partial charge on any atom is 0.116 e. The summed E-state index contributed by atoms with van der Waals surface area (Å²) >= 11 is 0. The maximum absolute atomic E-state index is 10.4. The van der Waals surface area contributed by atoms with Crippen molar-refractivity contribution in [2.75, 3.05) is 4.90 Å². The van der Waals surface area contributed by atoms with Crippen LogP contribution in [0.3, 0.4) is 0 Å². The van der Waals surface area contributed by atoms with E-state index >= 15 is 0 Å². The van der Waals surface area contributed by atoms with Crippen LogP contribution in [0, 0.1) is 5.92 Å². The van der Waals surface area contributed by atoms with Crippen LogP contribution in [0.5, 0.6) is 17.2 Å². The lowest BCUT2D eigenvalue weighted by Crippen LogP contribution is -2.29. The summed E-state index contributed by atoms with van der Waals surface area (Å²) in [7, 11) is 0. The molecule has 0 amide bonds. The van der Waals surface area contributed by atoms with Gasteiger partial charge in [-0.15, -0.1) is 0 Å². The van der Waals surface area contributed by atoms with Gasteiger partial charge < -0.3 is 24.8 Å². The van der Waals surface area contributed by atoms with Crippen molar-refractivity contribution in [3.05, 3.63) is 132 Å². The summed E-state index contributed by atoms with van der Waals surface area (Å²) in [5.41, 5.74) is 9.98. The zero-order valence-electron chi connectivity index (χ0n) is 23.9. The van der Waals surface area contributed by atoms with Crippen molar-refractivity contribution >= 4 is 33.2 Å². The summed E-state index contributed by atoms with van der Waals surface area (Å²) in [5.74, 6) is 1.58. The van der Waals surface area contributed by atoms with Crippen LogP contribution >= 0.6 is 0 Å². The Hall–Kier alpha value is -5.42. The third-order valence-corrected chi connectivity index (χ3v) is 9.50. The molecule has 0 saturated heterocycles. The van der Waals surface area contributed by atoms with E-state index in [4.69, 9.17) is 0 Å². The molecular weight excluding hydrogens is 544 g/mol. The van der Waals surface area contributed by atoms with Gasteiger partial charge in [0, 0.05) is 33.8 Å². The van der Waals surface area contributed by atoms with Crippen molar-refractivity contribution in [2.45, 2.75) is 24.8 Å². The Balaban J connectivity index is 1.15. The number of anilines is 2. The molecule has 0 bridgehead atoms. The van der Waals surface area contributed by atoms with Gasteiger partial charge in [-0.1, -0.05) is 42.5 Å². The normalized spacial score (nSPS) is 18.9. The second-order valence-corrected chi connectivity index (χ2v) is 12.3. The molecule has 1 saturated carbocycles. The van der Waals surface area contributed by atoms with Gasteiger partial charge >= 0.3 is 0 Å². The number of fused-ring (bicyclic) bond motifs is 6. The molecule has 44 heavy (non-hydrogen) atoms. The number of aromatic nitrogens is 1. The minimum absolute atomic E-state index is 0.154. The Morgan fingerprint density at radius 2 is 1.23 bits per heavy atom. The fourth-order valence-corrected chi connectivity index (χ4v) is 7.34. The Labute approximate surface area is 254 Å². The minimum Gasteiger partial charge on any atom is -0.508 e. The van der Waals surface area contributed by atoms with Gasteiger partial charge in [0.15, 0.2) is 0 Å². The van der Waals surface area contributed by atoms with E-state index in [0.717, 1.165) is 50.0 Å². The van der Waals surface area contributed by atoms with E-state index < -0.39 is 0 Å². The van der Waals surface area contributed by atoms with Gasteiger partial charge in [0.25, 0.3) is 0 Å². The third kappa shape index (κ3) is 3.86. The summed E-state index contributed by atoms with van der Waals surface area (Å²) in [6.45, 7) is 0. The lowest BCUT2D eigenvalue weighted by molar-refractivity contribution is 0.474. The largest absolute Gasteiger partial charge is 0.508 e. The molecular formula is C39H30N2O3. The summed E-state index contributed by atoms with van der Waals surface area (Å²) in [6, 6.07) is 33.9. The fourth-order valence-electron chi connectivity index (χ4n) is 7.34. The SMILES string of the molecule is Oc1ccc2c(c1)C1C=C(C3CC3)C=CC1N2c1cccc(-c2cccc(-n3c4ccc(O)cc4c4cc(O)ccc43)c2)c1. The van der Waals surface area contributed by atoms with E-state index in [9.17, 15) is 15.3 Å². The van der Waals surface area contributed by atoms with Crippen LogP contribution in [-0.2, 0) is 0 Å². The lowest BCUT2D eigenvalue weighted by Gasteiger charge is -2.30. The molecule has 2 aliphatic carbocycles. The lowest BCUT2D eigenvalue weighted by atomic mass is 9.87. The molecule has 1 aliphatic heterocycles. The Morgan fingerprint density at radius 3 is 1.91 bits per heavy atom. The molecule has 6 aromatic rings. The molecule has 5 heteroatoms. The van der Waals surface area contributed by atoms with Crippen molar-refractivity contribution < 1.29 is 15.3 Å². The second-order valence-electron chi connectivity index (χ2n) is 12.3. The third-order valence-electron chi connectivity index (χ3n) is 9.50. The number of benzene rings is 5. The molecule has 0 radical (unpaired) electrons. The molecule has 5 nitrogen and oxygen atoms in total. The molecule has 3 aliphatic rings. The van der Waals surface area contributed by atoms with Gasteiger partial charge in [-0.25, -0.2) is 0 Å². The minimum atomic E-state index is 0.154. The number of phenols is 3. The summed E-state index contributed by atoms with van der Waals surface area (Å²) in [6.07, 6.45) is 9.63. The molecule has 5 aromatic carbocycles. The highest BCUT2D eigenvalue weighted by Crippen LogP contribution is 2.51. The number of hydrogen-bond donors (Lipinski definition) is 3. The number of phenolic OH excluding ortho intramolecular Hbond substituents is 3. The zero-order chi connectivity index (χ0) is 29.5. The second kappa shape index (κ2) is 9.29. The predicted molar refractivity (Wildman–Crippen MR) is 176 cm³/mol. The van der Waals surface area contributed by atoms with Crippen LogP contribution < -0.4 is 4.90 Å². The van der Waals surface area contributed by atoms with Crippen molar-refractivity contribution in [1.29, 1.82) is 0 Å². The highest BCUT2D eigenvalue weighted by atomic mass is 16.3. The topological polar surface area (TPSA) is 68.9 Å². The quantitative estimate of drug-likeness (QED) is 0.196. The van der Waals surface area contributed by atoms with Crippen LogP contribution in [-0.4, -0.2) is 25.9 Å². The van der Waals surface area contributed by atoms with E-state index in [2.05, 4.69) is 76.2 Å². The first-order valence-corrected chi connectivity index (χ1v) is 15.2. The monoisotopic (exact) mass is 574 g/mol. The van der Waals surface area contributed by atoms with Gasteiger partial charge in [0.1, 0.15) is 17.2 Å². The van der Waals surface area contributed by atoms with E-state index in [1.54, 1.807) is 30.3 Å². The molecule has 2 unspecified atom stereocenters. The van der Waals surface area contributed by atoms with Gasteiger partial charge in [-0.05, 0) is 120 Å². The smallest absolute Gasteiger partial charge is 0.116 e. The van der Waals surface area contributed by atoms with Gasteiger partial charge in [0.05, 0.1) is 17.1 Å². The van der Waals surface area contributed by atoms with Crippen LogP contribution in [0.15, 0.2) is 127 Å². The first-order valence-electron chi connectivity index (χ1n) is 15.2. The van der Waals surface area contributed by atoms with E-state index in [1.807, 2.05) is 24.3 Å². The highest BCUT2D eigenvalue weighted by molar-refractivity contribution is 6.10. The zero-order valence-corrected chi connectivity index (χ0v) is 23.9. The van der Waals surface area contributed by atoms with Crippen LogP contribution in [0.4, 0.5) is 11.4 Å². The standard InChI is InChI=1S/C39H30N2O3/c42-29-10-14-37-33(20-29)32-19-26(23-7-8-23)9-13-36(32)40(37)27-5-1-3-24(17-27)25-4-2-6-28(18-25)41-38-15-11-30(43)21-34(38)35-22-31(44)12-16-39(35)41/h1-6,9-23,32,36,42-44H,7-8H2. The molecule has 0 spiro atoms. The summed E-state index contributed by atoms with van der Waals surface area (Å²) < 4.78 is 2.18. The number of rotatable bonds is 4. The number of aromatic hydroxyl groups is 3. The summed E-state index contributed by atoms with van der Waals surface area (Å²) in [4.78, 5) is 2.41. The highest BCUT2D eigenvalue weighted by Gasteiger charge is 2.40. The fraction of sp³-hybridized carbons (Fsp3) is 0.128. The molecule has 2 atom stereocenters. The molecule has 3 N–H and O–H groups in total. The van der Waals surface area contributed by atoms with Gasteiger partial charge in [0.2, 0.25) is 0 Å². The van der Waals surface area contributed by atoms with Crippen molar-refractivity contribution in [3.63, 3.8) is 0 Å². The van der Waals surface area contributed by atoms with Crippen molar-refractivity contribution in [3.8, 4) is 34.1 Å². The Morgan fingerprint density at radius 1 is 0.614 bits per heavy atom. The average molecular weight is 575 g/mol. The predicted octanol–water partition coefficient (Wildman–Crippen LogP) is 9.08. The number of allylic oxidation sites excluding steroid dienone is 2. The molecule has 2 heterocycles. The van der Waals surface area contributed by atoms with Crippen LogP contribution in [0.2, 0.25) is 0 Å². The van der Waals surface area contributed by atoms with Gasteiger partial charge in [-0.3, -0.25) is 0 Å². The van der Waals surface area contributed by atoms with E-state index in [1.165, 1.54) is 24.0 Å². The van der Waals surface area contributed by atoms with Crippen molar-refractivity contribution in [2.24, 2.45) is 5.92 Å². The van der Waals surface area contributed by atoms with Crippen LogP contribution in [0.25, 0.3) is 38.6 Å². The summed E-state index contributed by atoms with van der Waals surface area (Å²) in [5, 5.41) is 32.7. The maximum atomic E-state index is 10.4. The van der Waals surface area contributed by atoms with Crippen molar-refractivity contribution in [1.82, 2.24) is 4.57 Å². The van der Waals surface area contributed by atoms with Crippen LogP contribution in [0.1, 0.15) is 24.3 Å². The number of hydrogen-bond acceptors (Lipinski definition) is 4. The van der Waals surface area contributed by atoms with E-state index in [0.29, 0.717) is 11.7 Å². The molecule has 214 valence electrons. The Bertz CT molecular complexity index is 2140. The first kappa shape index (κ1) is 25.1. The molecule has 1 fully saturated rings. The number of nitrogens with zero attached hydrogens (tertiary/aromatic N) is 2. The molecule has 9 rings (SSSR count). The van der Waals surface area contributed by atoms with E-state index in [-0.39, 0.29) is 23.5 Å². The average Bonchev–Trinajstić information content (AvgIpc) is 3.79. The van der Waals surface area contributed by atoms with Gasteiger partial charge in [-0.2, -0.15) is 0 Å². The first-order chi connectivity index (χ1) is 21.5.